The molecule has 1 heterocycles. The summed E-state index contributed by atoms with van der Waals surface area (Å²) in [6, 6.07) is 8.43. The zero-order valence-corrected chi connectivity index (χ0v) is 16.0. The van der Waals surface area contributed by atoms with E-state index in [1.807, 2.05) is 4.90 Å². The molecule has 154 valence electrons. The van der Waals surface area contributed by atoms with Crippen molar-refractivity contribution in [1.82, 2.24) is 4.90 Å². The minimum absolute atomic E-state index is 0.164. The van der Waals surface area contributed by atoms with Crippen molar-refractivity contribution in [2.75, 3.05) is 48.3 Å². The molecule has 0 saturated carbocycles. The Bertz CT molecular complexity index is 920. The number of nitrogens with zero attached hydrogens (tertiary/aromatic N) is 2. The Kier molecular flexibility index (Phi) is 6.38. The highest BCUT2D eigenvalue weighted by atomic mass is 35.5. The van der Waals surface area contributed by atoms with Crippen LogP contribution in [0.5, 0.6) is 0 Å². The van der Waals surface area contributed by atoms with E-state index in [4.69, 9.17) is 16.7 Å². The van der Waals surface area contributed by atoms with Crippen LogP contribution in [0.15, 0.2) is 36.4 Å². The van der Waals surface area contributed by atoms with Gasteiger partial charge in [0.1, 0.15) is 0 Å². The van der Waals surface area contributed by atoms with E-state index in [0.29, 0.717) is 36.9 Å². The minimum atomic E-state index is -1.01. The Labute approximate surface area is 170 Å². The molecule has 3 N–H and O–H groups in total. The molecular weight excluding hydrogens is 406 g/mol. The fraction of sp³-hybridized carbons (Fsp3) is 0.263. The first-order valence-corrected chi connectivity index (χ1v) is 9.22. The summed E-state index contributed by atoms with van der Waals surface area (Å²) in [5.41, 5.74) is 1.49. The number of anilines is 3. The van der Waals surface area contributed by atoms with Gasteiger partial charge in [0, 0.05) is 43.6 Å². The predicted octanol–water partition coefficient (Wildman–Crippen LogP) is 3.47. The van der Waals surface area contributed by atoms with Crippen LogP contribution < -0.4 is 15.5 Å². The van der Waals surface area contributed by atoms with Crippen molar-refractivity contribution in [1.29, 1.82) is 0 Å². The lowest BCUT2D eigenvalue weighted by Gasteiger charge is -2.34. The summed E-state index contributed by atoms with van der Waals surface area (Å²) < 4.78 is 26.2. The lowest BCUT2D eigenvalue weighted by atomic mass is 10.2. The molecule has 1 aliphatic heterocycles. The van der Waals surface area contributed by atoms with Crippen LogP contribution in [-0.2, 0) is 4.79 Å². The quantitative estimate of drug-likeness (QED) is 0.684. The van der Waals surface area contributed by atoms with Gasteiger partial charge in [-0.05, 0) is 30.3 Å². The maximum atomic E-state index is 13.2. The number of rotatable bonds is 5. The molecule has 29 heavy (non-hydrogen) atoms. The third-order valence-electron chi connectivity index (χ3n) is 4.51. The Morgan fingerprint density at radius 2 is 1.76 bits per heavy atom. The van der Waals surface area contributed by atoms with Gasteiger partial charge in [-0.25, -0.2) is 13.6 Å². The lowest BCUT2D eigenvalue weighted by Crippen LogP contribution is -2.48. The summed E-state index contributed by atoms with van der Waals surface area (Å²) in [7, 11) is 0. The smallest absolute Gasteiger partial charge is 0.407 e. The van der Waals surface area contributed by atoms with Gasteiger partial charge in [-0.15, -0.1) is 0 Å². The third kappa shape index (κ3) is 5.26. The van der Waals surface area contributed by atoms with Gasteiger partial charge in [0.2, 0.25) is 5.91 Å². The summed E-state index contributed by atoms with van der Waals surface area (Å²) >= 11 is 6.17. The van der Waals surface area contributed by atoms with Crippen LogP contribution in [0, 0.1) is 11.6 Å². The second-order valence-corrected chi connectivity index (χ2v) is 6.86. The van der Waals surface area contributed by atoms with Crippen LogP contribution in [0.4, 0.5) is 30.6 Å². The highest BCUT2D eigenvalue weighted by Gasteiger charge is 2.21. The van der Waals surface area contributed by atoms with E-state index in [0.717, 1.165) is 17.8 Å². The molecule has 3 rings (SSSR count). The highest BCUT2D eigenvalue weighted by Crippen LogP contribution is 2.28. The largest absolute Gasteiger partial charge is 0.465 e. The summed E-state index contributed by atoms with van der Waals surface area (Å²) in [5.74, 6) is -2.38. The Balaban J connectivity index is 1.60. The molecule has 2 amide bonds. The average Bonchev–Trinajstić information content (AvgIpc) is 2.70. The van der Waals surface area contributed by atoms with Crippen LogP contribution in [-0.4, -0.2) is 54.7 Å². The fourth-order valence-electron chi connectivity index (χ4n) is 2.94. The van der Waals surface area contributed by atoms with E-state index in [1.54, 1.807) is 18.2 Å². The van der Waals surface area contributed by atoms with E-state index < -0.39 is 23.6 Å². The number of carboxylic acid groups (broad SMARTS) is 1. The zero-order chi connectivity index (χ0) is 21.0. The first-order chi connectivity index (χ1) is 13.8. The first-order valence-electron chi connectivity index (χ1n) is 8.84. The summed E-state index contributed by atoms with van der Waals surface area (Å²) in [4.78, 5) is 26.6. The predicted molar refractivity (Wildman–Crippen MR) is 107 cm³/mol. The van der Waals surface area contributed by atoms with Crippen molar-refractivity contribution in [2.45, 2.75) is 0 Å². The lowest BCUT2D eigenvalue weighted by molar-refractivity contribution is -0.114. The Hall–Kier alpha value is -3.07. The number of carbonyl (C=O) groups excluding carboxylic acids is 1. The van der Waals surface area contributed by atoms with Gasteiger partial charge < -0.3 is 25.5 Å². The van der Waals surface area contributed by atoms with Crippen molar-refractivity contribution >= 4 is 40.7 Å². The van der Waals surface area contributed by atoms with E-state index in [1.165, 1.54) is 11.0 Å². The topological polar surface area (TPSA) is 84.9 Å². The zero-order valence-electron chi connectivity index (χ0n) is 15.3. The van der Waals surface area contributed by atoms with Crippen LogP contribution >= 0.6 is 11.6 Å². The molecule has 0 spiro atoms. The Morgan fingerprint density at radius 1 is 1.03 bits per heavy atom. The summed E-state index contributed by atoms with van der Waals surface area (Å²) in [6.45, 7) is 1.66. The van der Waals surface area contributed by atoms with E-state index >= 15 is 0 Å². The monoisotopic (exact) mass is 424 g/mol. The molecule has 0 radical (unpaired) electrons. The van der Waals surface area contributed by atoms with Gasteiger partial charge in [-0.3, -0.25) is 4.79 Å². The van der Waals surface area contributed by atoms with Gasteiger partial charge in [0.25, 0.3) is 0 Å². The number of hydrogen-bond acceptors (Lipinski definition) is 4. The van der Waals surface area contributed by atoms with E-state index in [9.17, 15) is 18.4 Å². The number of benzene rings is 2. The van der Waals surface area contributed by atoms with Gasteiger partial charge in [0.05, 0.1) is 17.3 Å². The molecule has 10 heteroatoms. The molecule has 0 bridgehead atoms. The summed E-state index contributed by atoms with van der Waals surface area (Å²) in [5, 5.41) is 14.8. The molecule has 1 fully saturated rings. The van der Waals surface area contributed by atoms with Crippen molar-refractivity contribution in [3.63, 3.8) is 0 Å². The van der Waals surface area contributed by atoms with E-state index in [-0.39, 0.29) is 12.2 Å². The van der Waals surface area contributed by atoms with Gasteiger partial charge >= 0.3 is 6.09 Å². The molecule has 0 atom stereocenters. The third-order valence-corrected chi connectivity index (χ3v) is 4.84. The number of piperazine rings is 1. The highest BCUT2D eigenvalue weighted by molar-refractivity contribution is 6.33. The molecule has 2 aromatic rings. The maximum Gasteiger partial charge on any atom is 0.407 e. The Morgan fingerprint density at radius 3 is 2.41 bits per heavy atom. The van der Waals surface area contributed by atoms with Crippen LogP contribution in [0.25, 0.3) is 0 Å². The summed E-state index contributed by atoms with van der Waals surface area (Å²) in [6.07, 6.45) is -0.942. The second kappa shape index (κ2) is 8.95. The standard InChI is InChI=1S/C19H19ClF2N4O3/c20-14-3-2-13(25-5-7-26(8-6-25)19(28)29)10-17(14)24-18(27)11-23-12-1-4-15(21)16(22)9-12/h1-4,9-10,23H,5-8,11H2,(H,24,27)(H,28,29). The number of carbonyl (C=O) groups is 2. The van der Waals surface area contributed by atoms with Crippen molar-refractivity contribution in [2.24, 2.45) is 0 Å². The molecule has 0 aliphatic carbocycles. The molecule has 1 aliphatic rings. The molecule has 0 aromatic heterocycles. The van der Waals surface area contributed by atoms with Gasteiger partial charge in [-0.1, -0.05) is 11.6 Å². The van der Waals surface area contributed by atoms with E-state index in [2.05, 4.69) is 10.6 Å². The molecular formula is C19H19ClF2N4O3. The number of hydrogen-bond donors (Lipinski definition) is 3. The van der Waals surface area contributed by atoms with Crippen LogP contribution in [0.3, 0.4) is 0 Å². The normalized spacial score (nSPS) is 13.9. The van der Waals surface area contributed by atoms with Crippen molar-refractivity contribution in [3.8, 4) is 0 Å². The number of amides is 2. The SMILES string of the molecule is O=C(CNc1ccc(F)c(F)c1)Nc1cc(N2CCN(C(=O)O)CC2)ccc1Cl. The number of halogens is 3. The second-order valence-electron chi connectivity index (χ2n) is 6.45. The minimum Gasteiger partial charge on any atom is -0.465 e. The molecule has 7 nitrogen and oxygen atoms in total. The maximum absolute atomic E-state index is 13.2. The van der Waals surface area contributed by atoms with Crippen LogP contribution in [0.2, 0.25) is 5.02 Å². The average molecular weight is 425 g/mol. The van der Waals surface area contributed by atoms with Gasteiger partial charge in [-0.2, -0.15) is 0 Å². The van der Waals surface area contributed by atoms with Crippen molar-refractivity contribution in [3.05, 3.63) is 53.1 Å². The molecule has 0 unspecified atom stereocenters. The van der Waals surface area contributed by atoms with Crippen LogP contribution in [0.1, 0.15) is 0 Å². The molecule has 2 aromatic carbocycles. The first kappa shape index (κ1) is 20.7. The molecule has 1 saturated heterocycles. The number of nitrogens with one attached hydrogen (secondary N) is 2. The van der Waals surface area contributed by atoms with Gasteiger partial charge in [0.15, 0.2) is 11.6 Å². The fourth-order valence-corrected chi connectivity index (χ4v) is 3.11. The van der Waals surface area contributed by atoms with Crippen molar-refractivity contribution < 1.29 is 23.5 Å².